The Balaban J connectivity index is 1.78. The molecule has 1 atom stereocenters. The summed E-state index contributed by atoms with van der Waals surface area (Å²) in [6.07, 6.45) is 1.19. The van der Waals surface area contributed by atoms with Crippen molar-refractivity contribution in [2.45, 2.75) is 25.7 Å². The second kappa shape index (κ2) is 6.91. The van der Waals surface area contributed by atoms with Gasteiger partial charge in [0.1, 0.15) is 11.5 Å². The van der Waals surface area contributed by atoms with E-state index in [1.165, 1.54) is 0 Å². The van der Waals surface area contributed by atoms with Crippen molar-refractivity contribution in [3.05, 3.63) is 71.0 Å². The van der Waals surface area contributed by atoms with Gasteiger partial charge in [-0.05, 0) is 37.1 Å². The van der Waals surface area contributed by atoms with E-state index in [0.717, 1.165) is 46.1 Å². The Morgan fingerprint density at radius 2 is 1.81 bits per heavy atom. The molecule has 0 N–H and O–H groups in total. The number of carbonyl (C=O) groups excluding carboxylic acids is 1. The van der Waals surface area contributed by atoms with Gasteiger partial charge in [-0.1, -0.05) is 24.3 Å². The molecule has 0 radical (unpaired) electrons. The number of hydrogen-bond acceptors (Lipinski definition) is 4. The Morgan fingerprint density at radius 1 is 1.04 bits per heavy atom. The highest BCUT2D eigenvalue weighted by Gasteiger charge is 2.33. The first-order valence-electron chi connectivity index (χ1n) is 9.01. The first kappa shape index (κ1) is 17.3. The predicted molar refractivity (Wildman–Crippen MR) is 103 cm³/mol. The van der Waals surface area contributed by atoms with Crippen molar-refractivity contribution in [1.29, 1.82) is 0 Å². The number of methoxy groups -OCH3 is 2. The minimum atomic E-state index is 0.0458. The Hall–Kier alpha value is -3.08. The fourth-order valence-electron chi connectivity index (χ4n) is 3.92. The molecule has 5 heteroatoms. The summed E-state index contributed by atoms with van der Waals surface area (Å²) in [6.45, 7) is 1.91. The van der Waals surface area contributed by atoms with Gasteiger partial charge in [0.05, 0.1) is 36.9 Å². The summed E-state index contributed by atoms with van der Waals surface area (Å²) in [7, 11) is 3.28. The van der Waals surface area contributed by atoms with E-state index in [1.807, 2.05) is 60.1 Å². The van der Waals surface area contributed by atoms with Gasteiger partial charge >= 0.3 is 0 Å². The number of aromatic nitrogens is 2. The maximum absolute atomic E-state index is 12.9. The summed E-state index contributed by atoms with van der Waals surface area (Å²) in [5, 5.41) is 4.66. The van der Waals surface area contributed by atoms with Crippen molar-refractivity contribution >= 4 is 5.78 Å². The monoisotopic (exact) mass is 362 g/mol. The number of ether oxygens (including phenoxy) is 2. The summed E-state index contributed by atoms with van der Waals surface area (Å²) in [5.74, 6) is 1.67. The van der Waals surface area contributed by atoms with Gasteiger partial charge in [-0.15, -0.1) is 0 Å². The van der Waals surface area contributed by atoms with Gasteiger partial charge in [-0.2, -0.15) is 5.10 Å². The Labute approximate surface area is 158 Å². The second-order valence-electron chi connectivity index (χ2n) is 6.79. The molecule has 3 aromatic rings. The molecule has 0 unspecified atom stereocenters. The molecule has 0 spiro atoms. The van der Waals surface area contributed by atoms with Crippen LogP contribution in [0.2, 0.25) is 0 Å². The third-order valence-corrected chi connectivity index (χ3v) is 5.19. The van der Waals surface area contributed by atoms with E-state index < -0.39 is 0 Å². The number of rotatable bonds is 4. The van der Waals surface area contributed by atoms with Crippen LogP contribution in [0, 0.1) is 6.92 Å². The van der Waals surface area contributed by atoms with Crippen LogP contribution in [-0.4, -0.2) is 29.8 Å². The van der Waals surface area contributed by atoms with E-state index in [0.29, 0.717) is 6.42 Å². The van der Waals surface area contributed by atoms with Gasteiger partial charge < -0.3 is 9.47 Å². The van der Waals surface area contributed by atoms with Crippen LogP contribution in [0.15, 0.2) is 48.5 Å². The molecule has 0 aliphatic heterocycles. The third-order valence-electron chi connectivity index (χ3n) is 5.19. The smallest absolute Gasteiger partial charge is 0.167 e. The number of carbonyl (C=O) groups is 1. The van der Waals surface area contributed by atoms with E-state index in [-0.39, 0.29) is 11.7 Å². The molecule has 2 aromatic carbocycles. The lowest BCUT2D eigenvalue weighted by molar-refractivity contribution is 0.0963. The zero-order valence-corrected chi connectivity index (χ0v) is 15.7. The van der Waals surface area contributed by atoms with Crippen LogP contribution in [0.25, 0.3) is 5.69 Å². The van der Waals surface area contributed by atoms with Crippen molar-refractivity contribution < 1.29 is 14.3 Å². The van der Waals surface area contributed by atoms with E-state index in [4.69, 9.17) is 9.47 Å². The lowest BCUT2D eigenvalue weighted by Crippen LogP contribution is -2.21. The first-order valence-corrected chi connectivity index (χ1v) is 9.01. The van der Waals surface area contributed by atoms with Crippen LogP contribution in [0.3, 0.4) is 0 Å². The molecule has 0 bridgehead atoms. The summed E-state index contributed by atoms with van der Waals surface area (Å²) < 4.78 is 12.8. The number of aryl methyl sites for hydroxylation is 1. The Morgan fingerprint density at radius 3 is 2.52 bits per heavy atom. The highest BCUT2D eigenvalue weighted by Crippen LogP contribution is 2.39. The lowest BCUT2D eigenvalue weighted by Gasteiger charge is -2.25. The van der Waals surface area contributed by atoms with E-state index >= 15 is 0 Å². The quantitative estimate of drug-likeness (QED) is 0.701. The average Bonchev–Trinajstić information content (AvgIpc) is 3.05. The minimum Gasteiger partial charge on any atom is -0.497 e. The fourth-order valence-corrected chi connectivity index (χ4v) is 3.92. The highest BCUT2D eigenvalue weighted by molar-refractivity contribution is 6.00. The summed E-state index contributed by atoms with van der Waals surface area (Å²) in [4.78, 5) is 12.9. The largest absolute Gasteiger partial charge is 0.497 e. The first-order chi connectivity index (χ1) is 13.1. The molecular formula is C22H22N2O3. The molecule has 0 fully saturated rings. The van der Waals surface area contributed by atoms with Gasteiger partial charge in [-0.25, -0.2) is 4.68 Å². The van der Waals surface area contributed by atoms with Crippen LogP contribution >= 0.6 is 0 Å². The van der Waals surface area contributed by atoms with Gasteiger partial charge in [0.25, 0.3) is 0 Å². The predicted octanol–water partition coefficient (Wildman–Crippen LogP) is 4.11. The van der Waals surface area contributed by atoms with Crippen molar-refractivity contribution in [3.8, 4) is 17.2 Å². The summed E-state index contributed by atoms with van der Waals surface area (Å²) in [6, 6.07) is 15.7. The molecule has 0 saturated carbocycles. The van der Waals surface area contributed by atoms with Gasteiger partial charge in [0.2, 0.25) is 0 Å². The van der Waals surface area contributed by atoms with Gasteiger partial charge in [0.15, 0.2) is 5.78 Å². The molecule has 4 rings (SSSR count). The summed E-state index contributed by atoms with van der Waals surface area (Å²) >= 11 is 0. The SMILES string of the molecule is COc1ccc([C@H]2CC(=O)c3c(C)nn(-c4ccccc4)c3C2)c(OC)c1. The zero-order valence-electron chi connectivity index (χ0n) is 15.7. The number of fused-ring (bicyclic) bond motifs is 1. The molecule has 0 amide bonds. The molecule has 1 aliphatic rings. The molecule has 1 heterocycles. The van der Waals surface area contributed by atoms with Crippen molar-refractivity contribution in [1.82, 2.24) is 9.78 Å². The maximum atomic E-state index is 12.9. The molecule has 27 heavy (non-hydrogen) atoms. The average molecular weight is 362 g/mol. The fraction of sp³-hybridized carbons (Fsp3) is 0.273. The molecule has 5 nitrogen and oxygen atoms in total. The van der Waals surface area contributed by atoms with Crippen LogP contribution in [0.4, 0.5) is 0 Å². The van der Waals surface area contributed by atoms with Crippen LogP contribution in [-0.2, 0) is 6.42 Å². The van der Waals surface area contributed by atoms with Crippen LogP contribution in [0.1, 0.15) is 39.6 Å². The molecular weight excluding hydrogens is 340 g/mol. The highest BCUT2D eigenvalue weighted by atomic mass is 16.5. The van der Waals surface area contributed by atoms with E-state index in [9.17, 15) is 4.79 Å². The number of ketones is 1. The lowest BCUT2D eigenvalue weighted by atomic mass is 9.81. The number of hydrogen-bond donors (Lipinski definition) is 0. The van der Waals surface area contributed by atoms with Gasteiger partial charge in [-0.3, -0.25) is 4.79 Å². The molecule has 1 aliphatic carbocycles. The Bertz CT molecular complexity index is 992. The topological polar surface area (TPSA) is 53.3 Å². The molecule has 138 valence electrons. The number of nitrogens with zero attached hydrogens (tertiary/aromatic N) is 2. The maximum Gasteiger partial charge on any atom is 0.167 e. The van der Waals surface area contributed by atoms with Gasteiger partial charge in [0, 0.05) is 18.4 Å². The van der Waals surface area contributed by atoms with Crippen molar-refractivity contribution in [2.24, 2.45) is 0 Å². The summed E-state index contributed by atoms with van der Waals surface area (Å²) in [5.41, 5.74) is 4.52. The van der Waals surface area contributed by atoms with Crippen LogP contribution in [0.5, 0.6) is 11.5 Å². The van der Waals surface area contributed by atoms with Crippen molar-refractivity contribution in [2.75, 3.05) is 14.2 Å². The standard InChI is InChI=1S/C22H22N2O3/c1-14-22-19(24(23-14)16-7-5-4-6-8-16)11-15(12-20(22)25)18-10-9-17(26-2)13-21(18)27-3/h4-10,13,15H,11-12H2,1-3H3/t15-/m1/s1. The normalized spacial score (nSPS) is 16.1. The number of benzene rings is 2. The molecule has 0 saturated heterocycles. The number of Topliss-reactive ketones (excluding diaryl/α,β-unsaturated/α-hetero) is 1. The number of para-hydroxylation sites is 1. The van der Waals surface area contributed by atoms with Crippen molar-refractivity contribution in [3.63, 3.8) is 0 Å². The molecule has 1 aromatic heterocycles. The minimum absolute atomic E-state index is 0.0458. The van der Waals surface area contributed by atoms with Crippen LogP contribution < -0.4 is 9.47 Å². The Kier molecular flexibility index (Phi) is 4.44. The zero-order chi connectivity index (χ0) is 19.0. The second-order valence-corrected chi connectivity index (χ2v) is 6.79. The van der Waals surface area contributed by atoms with E-state index in [1.54, 1.807) is 14.2 Å². The third kappa shape index (κ3) is 2.99. The van der Waals surface area contributed by atoms with E-state index in [2.05, 4.69) is 5.10 Å².